The molecule has 17 heavy (non-hydrogen) atoms. The van der Waals surface area contributed by atoms with E-state index in [2.05, 4.69) is 5.16 Å². The zero-order chi connectivity index (χ0) is 12.5. The summed E-state index contributed by atoms with van der Waals surface area (Å²) in [5.41, 5.74) is 7.88. The number of anilines is 1. The Morgan fingerprint density at radius 2 is 1.94 bits per heavy atom. The summed E-state index contributed by atoms with van der Waals surface area (Å²) >= 11 is 0. The van der Waals surface area contributed by atoms with E-state index in [0.29, 0.717) is 5.56 Å². The lowest BCUT2D eigenvalue weighted by atomic mass is 10.1. The molecule has 0 saturated carbocycles. The Morgan fingerprint density at radius 3 is 2.41 bits per heavy atom. The highest BCUT2D eigenvalue weighted by Gasteiger charge is 2.08. The van der Waals surface area contributed by atoms with Crippen LogP contribution < -0.4 is 5.73 Å². The van der Waals surface area contributed by atoms with Gasteiger partial charge in [-0.3, -0.25) is 0 Å². The van der Waals surface area contributed by atoms with Crippen molar-refractivity contribution >= 4 is 15.7 Å². The van der Waals surface area contributed by atoms with Gasteiger partial charge >= 0.3 is 0 Å². The molecule has 0 spiro atoms. The van der Waals surface area contributed by atoms with E-state index in [9.17, 15) is 8.42 Å². The predicted octanol–water partition coefficient (Wildman–Crippen LogP) is 1.47. The Bertz CT molecular complexity index is 614. The minimum Gasteiger partial charge on any atom is -0.367 e. The maximum Gasteiger partial charge on any atom is 0.229 e. The quantitative estimate of drug-likeness (QED) is 0.893. The third-order valence-electron chi connectivity index (χ3n) is 2.29. The number of hydrogen-bond acceptors (Lipinski definition) is 5. The first kappa shape index (κ1) is 11.7. The first-order valence-corrected chi connectivity index (χ1v) is 6.99. The second kappa shape index (κ2) is 4.21. The molecule has 1 heterocycles. The van der Waals surface area contributed by atoms with E-state index in [-0.39, 0.29) is 11.6 Å². The fourth-order valence-corrected chi connectivity index (χ4v) is 2.35. The summed E-state index contributed by atoms with van der Waals surface area (Å²) in [6.45, 7) is 0. The Labute approximate surface area is 99.1 Å². The highest BCUT2D eigenvalue weighted by Crippen LogP contribution is 2.25. The van der Waals surface area contributed by atoms with Gasteiger partial charge in [0.15, 0.2) is 9.84 Å². The molecule has 2 N–H and O–H groups in total. The lowest BCUT2D eigenvalue weighted by Gasteiger charge is -2.01. The number of benzene rings is 1. The van der Waals surface area contributed by atoms with Gasteiger partial charge < -0.3 is 10.3 Å². The Kier molecular flexibility index (Phi) is 2.89. The van der Waals surface area contributed by atoms with Gasteiger partial charge in [0.1, 0.15) is 0 Å². The van der Waals surface area contributed by atoms with E-state index in [1.54, 1.807) is 24.3 Å². The molecule has 0 atom stereocenters. The molecule has 1 aromatic carbocycles. The molecule has 0 unspecified atom stereocenters. The second-order valence-electron chi connectivity index (χ2n) is 3.87. The topological polar surface area (TPSA) is 86.2 Å². The van der Waals surface area contributed by atoms with E-state index < -0.39 is 9.84 Å². The second-order valence-corrected chi connectivity index (χ2v) is 6.01. The van der Waals surface area contributed by atoms with Gasteiger partial charge in [0, 0.05) is 6.26 Å². The predicted molar refractivity (Wildman–Crippen MR) is 64.9 cm³/mol. The van der Waals surface area contributed by atoms with E-state index in [1.807, 2.05) is 0 Å². The average molecular weight is 252 g/mol. The SMILES string of the molecule is CS(=O)(=O)Cc1ccc(-c2cnoc2N)cc1. The molecule has 0 saturated heterocycles. The van der Waals surface area contributed by atoms with Crippen LogP contribution in [0.2, 0.25) is 0 Å². The van der Waals surface area contributed by atoms with Crippen molar-refractivity contribution in [2.24, 2.45) is 0 Å². The van der Waals surface area contributed by atoms with E-state index in [1.165, 1.54) is 12.5 Å². The summed E-state index contributed by atoms with van der Waals surface area (Å²) in [5.74, 6) is 0.285. The Morgan fingerprint density at radius 1 is 1.29 bits per heavy atom. The number of nitrogen functional groups attached to an aromatic ring is 1. The number of nitrogens with zero attached hydrogens (tertiary/aromatic N) is 1. The fourth-order valence-electron chi connectivity index (χ4n) is 1.55. The van der Waals surface area contributed by atoms with Crippen molar-refractivity contribution < 1.29 is 12.9 Å². The van der Waals surface area contributed by atoms with Crippen LogP contribution in [0.25, 0.3) is 11.1 Å². The Balaban J connectivity index is 2.28. The zero-order valence-electron chi connectivity index (χ0n) is 9.25. The molecule has 1 aromatic heterocycles. The summed E-state index contributed by atoms with van der Waals surface area (Å²) in [6.07, 6.45) is 2.74. The van der Waals surface area contributed by atoms with Gasteiger partial charge in [0.2, 0.25) is 5.88 Å². The fraction of sp³-hybridized carbons (Fsp3) is 0.182. The number of nitrogens with two attached hydrogens (primary N) is 1. The Hall–Kier alpha value is -1.82. The van der Waals surface area contributed by atoms with Gasteiger partial charge in [0.25, 0.3) is 0 Å². The van der Waals surface area contributed by atoms with Crippen molar-refractivity contribution in [3.05, 3.63) is 36.0 Å². The largest absolute Gasteiger partial charge is 0.367 e. The van der Waals surface area contributed by atoms with Crippen molar-refractivity contribution in [1.82, 2.24) is 5.16 Å². The smallest absolute Gasteiger partial charge is 0.229 e. The number of aromatic nitrogens is 1. The van der Waals surface area contributed by atoms with Crippen LogP contribution in [-0.2, 0) is 15.6 Å². The standard InChI is InChI=1S/C11H12N2O3S/c1-17(14,15)7-8-2-4-9(5-3-8)10-6-13-16-11(10)12/h2-6H,7,12H2,1H3. The molecule has 6 heteroatoms. The van der Waals surface area contributed by atoms with Crippen molar-refractivity contribution in [2.45, 2.75) is 5.75 Å². The van der Waals surface area contributed by atoms with Crippen LogP contribution in [0.4, 0.5) is 5.88 Å². The van der Waals surface area contributed by atoms with Crippen LogP contribution in [-0.4, -0.2) is 19.8 Å². The molecule has 0 aliphatic carbocycles. The number of rotatable bonds is 3. The minimum atomic E-state index is -3.01. The van der Waals surface area contributed by atoms with Gasteiger partial charge in [-0.05, 0) is 11.1 Å². The van der Waals surface area contributed by atoms with Crippen molar-refractivity contribution in [3.63, 3.8) is 0 Å². The lowest BCUT2D eigenvalue weighted by Crippen LogP contribution is -2.00. The molecule has 2 aromatic rings. The van der Waals surface area contributed by atoms with Crippen LogP contribution in [0.5, 0.6) is 0 Å². The van der Waals surface area contributed by atoms with Crippen molar-refractivity contribution in [1.29, 1.82) is 0 Å². The van der Waals surface area contributed by atoms with Crippen LogP contribution in [0.15, 0.2) is 35.0 Å². The van der Waals surface area contributed by atoms with Crippen LogP contribution >= 0.6 is 0 Å². The van der Waals surface area contributed by atoms with Crippen molar-refractivity contribution in [2.75, 3.05) is 12.0 Å². The summed E-state index contributed by atoms with van der Waals surface area (Å²) < 4.78 is 27.0. The van der Waals surface area contributed by atoms with Gasteiger partial charge in [-0.2, -0.15) is 0 Å². The van der Waals surface area contributed by atoms with Crippen molar-refractivity contribution in [3.8, 4) is 11.1 Å². The third kappa shape index (κ3) is 2.85. The van der Waals surface area contributed by atoms with Crippen LogP contribution in [0.3, 0.4) is 0 Å². The van der Waals surface area contributed by atoms with E-state index in [0.717, 1.165) is 11.1 Å². The molecule has 5 nitrogen and oxygen atoms in total. The summed E-state index contributed by atoms with van der Waals surface area (Å²) in [4.78, 5) is 0. The minimum absolute atomic E-state index is 0.0341. The molecule has 0 aliphatic rings. The molecular weight excluding hydrogens is 240 g/mol. The molecule has 90 valence electrons. The number of hydrogen-bond donors (Lipinski definition) is 1. The molecular formula is C11H12N2O3S. The highest BCUT2D eigenvalue weighted by molar-refractivity contribution is 7.89. The van der Waals surface area contributed by atoms with Gasteiger partial charge in [0.05, 0.1) is 17.5 Å². The molecule has 0 fully saturated rings. The number of sulfone groups is 1. The molecule has 0 bridgehead atoms. The van der Waals surface area contributed by atoms with Gasteiger partial charge in [-0.15, -0.1) is 0 Å². The average Bonchev–Trinajstić information content (AvgIpc) is 2.63. The zero-order valence-corrected chi connectivity index (χ0v) is 10.1. The molecule has 0 aliphatic heterocycles. The molecule has 2 rings (SSSR count). The first-order valence-electron chi connectivity index (χ1n) is 4.93. The lowest BCUT2D eigenvalue weighted by molar-refractivity contribution is 0.436. The van der Waals surface area contributed by atoms with Gasteiger partial charge in [-0.1, -0.05) is 29.4 Å². The summed E-state index contributed by atoms with van der Waals surface area (Å²) in [5, 5.41) is 3.58. The maximum absolute atomic E-state index is 11.1. The third-order valence-corrected chi connectivity index (χ3v) is 3.15. The normalized spacial score (nSPS) is 11.6. The summed E-state index contributed by atoms with van der Waals surface area (Å²) in [7, 11) is -3.01. The van der Waals surface area contributed by atoms with Crippen LogP contribution in [0, 0.1) is 0 Å². The highest BCUT2D eigenvalue weighted by atomic mass is 32.2. The molecule has 0 amide bonds. The monoisotopic (exact) mass is 252 g/mol. The van der Waals surface area contributed by atoms with Gasteiger partial charge in [-0.25, -0.2) is 8.42 Å². The maximum atomic E-state index is 11.1. The van der Waals surface area contributed by atoms with E-state index in [4.69, 9.17) is 10.3 Å². The van der Waals surface area contributed by atoms with E-state index >= 15 is 0 Å². The molecule has 0 radical (unpaired) electrons. The first-order chi connectivity index (χ1) is 7.96. The summed E-state index contributed by atoms with van der Waals surface area (Å²) in [6, 6.07) is 7.10. The van der Waals surface area contributed by atoms with Crippen LogP contribution in [0.1, 0.15) is 5.56 Å².